The smallest absolute Gasteiger partial charge is 0.404 e. The van der Waals surface area contributed by atoms with Crippen LogP contribution >= 0.6 is 0 Å². The Labute approximate surface area is 403 Å². The summed E-state index contributed by atoms with van der Waals surface area (Å²) in [5.41, 5.74) is 6.56. The molecule has 4 N–H and O–H groups in total. The number of cyclic esters (lactones) is 1. The molecule has 16 heteroatoms. The molecule has 1 saturated carbocycles. The van der Waals surface area contributed by atoms with Crippen molar-refractivity contribution in [3.05, 3.63) is 47.6 Å². The average Bonchev–Trinajstić information content (AvgIpc) is 3.30. The lowest BCUT2D eigenvalue weighted by Gasteiger charge is -2.42. The number of Topliss-reactive ketones (excluding diaryl/α,β-unsaturated/α-hetero) is 3. The number of carbonyl (C=O) groups is 6. The Kier molecular flexibility index (Phi) is 21.8. The lowest BCUT2D eigenvalue weighted by Crippen LogP contribution is -2.61. The van der Waals surface area contributed by atoms with Crippen molar-refractivity contribution in [1.82, 2.24) is 4.90 Å². The molecule has 3 heterocycles. The molecule has 0 aromatic heterocycles. The van der Waals surface area contributed by atoms with E-state index in [-0.39, 0.29) is 42.8 Å². The monoisotopic (exact) mass is 957 g/mol. The zero-order chi connectivity index (χ0) is 50.5. The molecule has 4 aliphatic rings. The highest BCUT2D eigenvalue weighted by Gasteiger charge is 2.53. The third kappa shape index (κ3) is 15.0. The van der Waals surface area contributed by atoms with Crippen LogP contribution < -0.4 is 5.73 Å². The van der Waals surface area contributed by atoms with Crippen molar-refractivity contribution >= 4 is 35.3 Å². The molecule has 15 atom stereocenters. The van der Waals surface area contributed by atoms with Crippen LogP contribution in [0.25, 0.3) is 0 Å². The molecule has 2 saturated heterocycles. The van der Waals surface area contributed by atoms with Gasteiger partial charge in [0.15, 0.2) is 5.78 Å². The number of nitrogens with two attached hydrogens (primary N) is 1. The van der Waals surface area contributed by atoms with E-state index in [4.69, 9.17) is 34.2 Å². The summed E-state index contributed by atoms with van der Waals surface area (Å²) in [6, 6.07) is -1.17. The van der Waals surface area contributed by atoms with Gasteiger partial charge in [0, 0.05) is 58.5 Å². The fourth-order valence-corrected chi connectivity index (χ4v) is 10.4. The molecule has 9 unspecified atom stereocenters. The summed E-state index contributed by atoms with van der Waals surface area (Å²) in [5, 5.41) is 23.4. The molecule has 0 aromatic rings. The molecule has 68 heavy (non-hydrogen) atoms. The van der Waals surface area contributed by atoms with Gasteiger partial charge in [-0.05, 0) is 107 Å². The van der Waals surface area contributed by atoms with Gasteiger partial charge in [0.25, 0.3) is 11.7 Å². The summed E-state index contributed by atoms with van der Waals surface area (Å²) >= 11 is 0. The van der Waals surface area contributed by atoms with Gasteiger partial charge in [-0.3, -0.25) is 19.2 Å². The predicted molar refractivity (Wildman–Crippen MR) is 254 cm³/mol. The van der Waals surface area contributed by atoms with Crippen molar-refractivity contribution in [3.8, 4) is 0 Å². The van der Waals surface area contributed by atoms with Gasteiger partial charge in [-0.2, -0.15) is 0 Å². The van der Waals surface area contributed by atoms with Crippen LogP contribution in [0.3, 0.4) is 0 Å². The second kappa shape index (κ2) is 26.2. The number of primary amides is 1. The van der Waals surface area contributed by atoms with Crippen molar-refractivity contribution in [3.63, 3.8) is 0 Å². The van der Waals surface area contributed by atoms with Crippen LogP contribution in [0.4, 0.5) is 4.79 Å². The zero-order valence-corrected chi connectivity index (χ0v) is 42.1. The molecule has 16 nitrogen and oxygen atoms in total. The number of methoxy groups -OCH3 is 3. The number of ether oxygens (including phenoxy) is 6. The topological polar surface area (TPSA) is 228 Å². The van der Waals surface area contributed by atoms with Crippen molar-refractivity contribution in [1.29, 1.82) is 0 Å². The van der Waals surface area contributed by atoms with Crippen LogP contribution in [0.5, 0.6) is 0 Å². The quantitative estimate of drug-likeness (QED) is 0.145. The minimum atomic E-state index is -2.45. The van der Waals surface area contributed by atoms with Crippen LogP contribution in [0.2, 0.25) is 0 Å². The predicted octanol–water partition coefficient (Wildman–Crippen LogP) is 6.28. The van der Waals surface area contributed by atoms with E-state index >= 15 is 0 Å². The molecule has 0 radical (unpaired) electrons. The Bertz CT molecular complexity index is 1880. The van der Waals surface area contributed by atoms with Gasteiger partial charge in [-0.25, -0.2) is 9.59 Å². The number of ketones is 3. The highest BCUT2D eigenvalue weighted by molar-refractivity contribution is 6.39. The third-order valence-corrected chi connectivity index (χ3v) is 14.7. The highest BCUT2D eigenvalue weighted by Crippen LogP contribution is 2.38. The molecule has 0 spiro atoms. The van der Waals surface area contributed by atoms with Gasteiger partial charge in [-0.1, -0.05) is 71.1 Å². The number of hydrogen-bond acceptors (Lipinski definition) is 14. The minimum absolute atomic E-state index is 0.00651. The lowest BCUT2D eigenvalue weighted by molar-refractivity contribution is -0.265. The maximum absolute atomic E-state index is 14.4. The summed E-state index contributed by atoms with van der Waals surface area (Å²) in [6.07, 6.45) is 9.71. The van der Waals surface area contributed by atoms with Crippen molar-refractivity contribution in [2.45, 2.75) is 180 Å². The first kappa shape index (κ1) is 56.5. The van der Waals surface area contributed by atoms with Crippen LogP contribution in [0.15, 0.2) is 47.6 Å². The number of allylic oxidation sites excluding steroid dienone is 6. The number of amides is 2. The molecule has 2 amide bonds. The first-order valence-corrected chi connectivity index (χ1v) is 24.6. The summed E-state index contributed by atoms with van der Waals surface area (Å²) in [6.45, 7) is 12.6. The normalized spacial score (nSPS) is 39.0. The molecule has 4 rings (SSSR count). The summed E-state index contributed by atoms with van der Waals surface area (Å²) in [4.78, 5) is 83.6. The van der Waals surface area contributed by atoms with E-state index in [0.29, 0.717) is 69.8 Å². The standard InChI is InChI=1S/C52H80N2O14/c1-30-16-12-11-13-17-31(2)42(63-8)28-38-21-19-36(7)52(62,68-38)48(58)49(59)54-23-15-14-18-39(54)50(60)66-43(33(4)26-37-20-22-41(67-51(53)61)44(27-37)64-9)29-40(55)32(3)25-35(6)46(57)47(65-10)45(56)34(5)24-30/h11-13,16-17,25,30,32-34,36-39,41-44,46-47,57,62H,14-15,18-24,26-29H2,1-10H3,(H2,53,61)/b13-11+,16-12+,31-17+,35-25+/t30?,32?,33?,34-,36-,37?,38?,39+,41-,42?,43?,44?,46-,47?,52-/m1/s1. The maximum Gasteiger partial charge on any atom is 0.404 e. The number of nitrogens with zero attached hydrogens (tertiary/aromatic N) is 1. The van der Waals surface area contributed by atoms with E-state index in [2.05, 4.69) is 0 Å². The van der Waals surface area contributed by atoms with Crippen molar-refractivity contribution in [2.75, 3.05) is 27.9 Å². The van der Waals surface area contributed by atoms with E-state index in [9.17, 15) is 39.0 Å². The van der Waals surface area contributed by atoms with Gasteiger partial charge in [0.05, 0.1) is 18.3 Å². The Hall–Kier alpha value is -4.06. The molecule has 3 fully saturated rings. The Morgan fingerprint density at radius 1 is 0.882 bits per heavy atom. The van der Waals surface area contributed by atoms with E-state index < -0.39 is 102 Å². The fourth-order valence-electron chi connectivity index (χ4n) is 10.4. The summed E-state index contributed by atoms with van der Waals surface area (Å²) in [5.74, 6) is -8.30. The molecule has 1 aliphatic carbocycles. The van der Waals surface area contributed by atoms with Gasteiger partial charge in [0.1, 0.15) is 36.2 Å². The zero-order valence-electron chi connectivity index (χ0n) is 42.1. The summed E-state index contributed by atoms with van der Waals surface area (Å²) in [7, 11) is 4.47. The van der Waals surface area contributed by atoms with Gasteiger partial charge in [0.2, 0.25) is 5.79 Å². The van der Waals surface area contributed by atoms with Gasteiger partial charge >= 0.3 is 12.1 Å². The Balaban J connectivity index is 1.70. The molecule has 0 aromatic carbocycles. The number of piperidine rings is 1. The number of rotatable bonds is 7. The number of esters is 1. The van der Waals surface area contributed by atoms with E-state index in [1.165, 1.54) is 19.1 Å². The van der Waals surface area contributed by atoms with E-state index in [1.54, 1.807) is 40.9 Å². The van der Waals surface area contributed by atoms with Crippen molar-refractivity contribution < 1.29 is 67.4 Å². The fraction of sp³-hybridized carbons (Fsp3) is 0.731. The van der Waals surface area contributed by atoms with Gasteiger partial charge in [-0.15, -0.1) is 0 Å². The average molecular weight is 957 g/mol. The number of carbonyl (C=O) groups excluding carboxylic acids is 6. The second-order valence-corrected chi connectivity index (χ2v) is 20.0. The van der Waals surface area contributed by atoms with Crippen LogP contribution in [-0.4, -0.2) is 133 Å². The first-order valence-electron chi connectivity index (χ1n) is 24.6. The first-order chi connectivity index (χ1) is 32.1. The largest absolute Gasteiger partial charge is 0.460 e. The number of hydrogen-bond donors (Lipinski definition) is 3. The highest BCUT2D eigenvalue weighted by atomic mass is 16.6. The molecular formula is C52H80N2O14. The Morgan fingerprint density at radius 2 is 1.60 bits per heavy atom. The van der Waals surface area contributed by atoms with Crippen LogP contribution in [-0.2, 0) is 52.4 Å². The summed E-state index contributed by atoms with van der Waals surface area (Å²) < 4.78 is 34.8. The van der Waals surface area contributed by atoms with E-state index in [1.807, 2.05) is 51.2 Å². The second-order valence-electron chi connectivity index (χ2n) is 20.0. The van der Waals surface area contributed by atoms with Crippen LogP contribution in [0, 0.1) is 35.5 Å². The molecule has 2 bridgehead atoms. The number of aliphatic hydroxyl groups excluding tert-OH is 1. The molecule has 382 valence electrons. The van der Waals surface area contributed by atoms with Crippen molar-refractivity contribution in [2.24, 2.45) is 41.2 Å². The third-order valence-electron chi connectivity index (χ3n) is 14.7. The Morgan fingerprint density at radius 3 is 2.26 bits per heavy atom. The minimum Gasteiger partial charge on any atom is -0.460 e. The number of aliphatic hydroxyl groups is 2. The molecule has 3 aliphatic heterocycles. The maximum atomic E-state index is 14.4. The lowest BCUT2D eigenvalue weighted by atomic mass is 9.78. The molecular weight excluding hydrogens is 877 g/mol. The van der Waals surface area contributed by atoms with Gasteiger partial charge < -0.3 is 49.3 Å². The SMILES string of the molecule is COC1CC2CC[C@@H](C)[C@@](O)(O2)C(=O)C(=O)N2CCCC[C@H]2C(=O)OC(C(C)CC2CC[C@@H](OC(N)=O)C(OC)C2)CC(=O)C(C)/C=C(\C)[C@@H](O)C(OC)C(=O)[C@H](C)CC(C)/C=C/C=C/C=C/1C. The van der Waals surface area contributed by atoms with E-state index in [0.717, 1.165) is 5.57 Å². The van der Waals surface area contributed by atoms with Crippen LogP contribution in [0.1, 0.15) is 126 Å². The number of fused-ring (bicyclic) bond motifs is 3.